The Bertz CT molecular complexity index is 1100. The summed E-state index contributed by atoms with van der Waals surface area (Å²) in [5, 5.41) is 8.97. The minimum absolute atomic E-state index is 0.0642. The van der Waals surface area contributed by atoms with E-state index in [0.29, 0.717) is 0 Å². The van der Waals surface area contributed by atoms with E-state index >= 15 is 0 Å². The number of halogens is 2. The molecular formula is C36H52Cl2P2Ti-2. The van der Waals surface area contributed by atoms with Gasteiger partial charge in [-0.25, -0.2) is 0 Å². The summed E-state index contributed by atoms with van der Waals surface area (Å²) >= 11 is -0.556. The molecule has 4 aromatic rings. The van der Waals surface area contributed by atoms with Crippen molar-refractivity contribution >= 4 is 66.6 Å². The van der Waals surface area contributed by atoms with Crippen LogP contribution in [-0.4, -0.2) is 24.6 Å². The monoisotopic (exact) mass is 664 g/mol. The first-order valence-corrected chi connectivity index (χ1v) is 23.6. The Morgan fingerprint density at radius 1 is 0.537 bits per heavy atom. The second-order valence-corrected chi connectivity index (χ2v) is 18.4. The topological polar surface area (TPSA) is 0 Å². The van der Waals surface area contributed by atoms with E-state index < -0.39 is 17.0 Å². The average Bonchev–Trinajstić information content (AvgIpc) is 3.62. The number of unbranched alkanes of at least 4 members (excludes halogenated alkanes) is 6. The first-order chi connectivity index (χ1) is 20.1. The zero-order valence-corrected chi connectivity index (χ0v) is 30.8. The summed E-state index contributed by atoms with van der Waals surface area (Å²) in [6.07, 6.45) is 19.5. The number of benzene rings is 2. The van der Waals surface area contributed by atoms with Gasteiger partial charge in [0.25, 0.3) is 0 Å². The molecule has 226 valence electrons. The molecule has 0 spiro atoms. The fraction of sp³-hybridized carbons (Fsp3) is 0.500. The molecule has 0 aliphatic rings. The molecule has 4 rings (SSSR count). The quantitative estimate of drug-likeness (QED) is 0.0484. The summed E-state index contributed by atoms with van der Waals surface area (Å²) in [7, 11) is 9.94. The fourth-order valence-corrected chi connectivity index (χ4v) is 10.4. The van der Waals surface area contributed by atoms with Gasteiger partial charge in [-0.2, -0.15) is 12.1 Å². The number of hydrogen-bond acceptors (Lipinski definition) is 0. The summed E-state index contributed by atoms with van der Waals surface area (Å²) in [5.41, 5.74) is 0. The van der Waals surface area contributed by atoms with Crippen LogP contribution in [0.15, 0.2) is 72.8 Å². The van der Waals surface area contributed by atoms with Crippen LogP contribution >= 0.6 is 34.5 Å². The van der Waals surface area contributed by atoms with Gasteiger partial charge in [0.15, 0.2) is 0 Å². The molecule has 0 saturated carbocycles. The third kappa shape index (κ3) is 14.0. The first kappa shape index (κ1) is 37.0. The molecule has 4 aromatic carbocycles. The van der Waals surface area contributed by atoms with Crippen molar-refractivity contribution in [3.8, 4) is 0 Å². The van der Waals surface area contributed by atoms with Gasteiger partial charge < -0.3 is 0 Å². The molecule has 0 aliphatic heterocycles. The molecule has 0 nitrogen and oxygen atoms in total. The second-order valence-electron chi connectivity index (χ2n) is 10.9. The van der Waals surface area contributed by atoms with Gasteiger partial charge in [0.1, 0.15) is 0 Å². The van der Waals surface area contributed by atoms with Gasteiger partial charge in [-0.1, -0.05) is 107 Å². The second kappa shape index (κ2) is 23.2. The first-order valence-electron chi connectivity index (χ1n) is 15.9. The van der Waals surface area contributed by atoms with Crippen LogP contribution in [0, 0.1) is 0 Å². The molecule has 0 heterocycles. The van der Waals surface area contributed by atoms with Gasteiger partial charge in [0, 0.05) is 0 Å². The summed E-state index contributed by atoms with van der Waals surface area (Å²) in [4.78, 5) is 0. The number of hydrogen-bond donors (Lipinski definition) is 0. The zero-order chi connectivity index (χ0) is 29.7. The third-order valence-corrected chi connectivity index (χ3v) is 13.1. The molecule has 0 fully saturated rings. The summed E-state index contributed by atoms with van der Waals surface area (Å²) in [5.74, 6) is 0. The molecular weight excluding hydrogens is 613 g/mol. The molecule has 0 amide bonds. The molecule has 0 bridgehead atoms. The summed E-state index contributed by atoms with van der Waals surface area (Å²) < 4.78 is 0. The van der Waals surface area contributed by atoms with Crippen LogP contribution < -0.4 is 10.6 Å². The van der Waals surface area contributed by atoms with Crippen LogP contribution in [0.4, 0.5) is 0 Å². The molecule has 0 aliphatic carbocycles. The van der Waals surface area contributed by atoms with E-state index in [1.54, 1.807) is 10.6 Å². The van der Waals surface area contributed by atoms with Crippen molar-refractivity contribution in [3.05, 3.63) is 72.8 Å². The maximum absolute atomic E-state index is 4.89. The van der Waals surface area contributed by atoms with Crippen molar-refractivity contribution in [2.45, 2.75) is 91.9 Å². The van der Waals surface area contributed by atoms with Crippen LogP contribution in [0.25, 0.3) is 21.5 Å². The molecule has 0 unspecified atom stereocenters. The van der Waals surface area contributed by atoms with Crippen molar-refractivity contribution in [2.24, 2.45) is 0 Å². The van der Waals surface area contributed by atoms with E-state index in [2.05, 4.69) is 100 Å². The fourth-order valence-electron chi connectivity index (χ4n) is 5.37. The van der Waals surface area contributed by atoms with Gasteiger partial charge in [-0.05, 0) is 37.5 Å². The van der Waals surface area contributed by atoms with E-state index in [9.17, 15) is 0 Å². The molecule has 0 saturated heterocycles. The maximum atomic E-state index is 4.89. The van der Waals surface area contributed by atoms with E-state index in [4.69, 9.17) is 18.6 Å². The zero-order valence-electron chi connectivity index (χ0n) is 26.0. The molecule has 0 radical (unpaired) electrons. The Kier molecular flexibility index (Phi) is 21.0. The van der Waals surface area contributed by atoms with Gasteiger partial charge in [0.05, 0.1) is 0 Å². The standard InChI is InChI=1S/C21H32P.C15H20P.2ClH.Ti/c1-3-5-7-11-15-22(16-12-8-6-4-2)21-17-19-13-9-10-14-20(19)18-21;1-3-9-16(10-4-2)15-11-13-7-5-6-8-14(13)12-15;;;/h9-10,13-14,17-18H,3-8,11-12,15-16H2,1-2H3;5-8,11-12H,3-4,9-10H2,1-2H3;2*1H;/q2*-1;;;+2/p-2. The van der Waals surface area contributed by atoms with Crippen LogP contribution in [-0.2, 0) is 17.0 Å². The van der Waals surface area contributed by atoms with Gasteiger partial charge in [-0.15, -0.1) is 80.7 Å². The SMILES string of the molecule is CCCCCCP(CCCCCC)c1cc2ccccc2[cH-]1.CCCP(CCC)c1cc2ccccc2[cH-]1.[Cl][Ti][Cl]. The molecule has 0 N–H and O–H groups in total. The van der Waals surface area contributed by atoms with Crippen molar-refractivity contribution in [1.29, 1.82) is 0 Å². The van der Waals surface area contributed by atoms with Crippen molar-refractivity contribution in [1.82, 2.24) is 0 Å². The normalized spacial score (nSPS) is 11.0. The Hall–Kier alpha value is -0.186. The Morgan fingerprint density at radius 2 is 0.927 bits per heavy atom. The summed E-state index contributed by atoms with van der Waals surface area (Å²) in [6.45, 7) is 9.20. The number of rotatable bonds is 16. The van der Waals surface area contributed by atoms with E-state index in [0.717, 1.165) is 0 Å². The van der Waals surface area contributed by atoms with Crippen molar-refractivity contribution in [2.75, 3.05) is 24.6 Å². The van der Waals surface area contributed by atoms with Crippen LogP contribution in [0.2, 0.25) is 0 Å². The van der Waals surface area contributed by atoms with Crippen molar-refractivity contribution in [3.63, 3.8) is 0 Å². The Morgan fingerprint density at radius 3 is 1.29 bits per heavy atom. The molecule has 0 aromatic heterocycles. The van der Waals surface area contributed by atoms with Gasteiger partial charge in [-0.3, -0.25) is 0 Å². The predicted octanol–water partition coefficient (Wildman–Crippen LogP) is 12.7. The van der Waals surface area contributed by atoms with E-state index in [1.807, 2.05) is 0 Å². The Labute approximate surface area is 271 Å². The van der Waals surface area contributed by atoms with Crippen LogP contribution in [0.1, 0.15) is 91.9 Å². The van der Waals surface area contributed by atoms with E-state index in [-0.39, 0.29) is 15.8 Å². The van der Waals surface area contributed by atoms with Gasteiger partial charge in [0.2, 0.25) is 0 Å². The molecule has 5 heteroatoms. The van der Waals surface area contributed by atoms with Crippen LogP contribution in [0.5, 0.6) is 0 Å². The average molecular weight is 666 g/mol. The number of fused-ring (bicyclic) bond motifs is 2. The van der Waals surface area contributed by atoms with E-state index in [1.165, 1.54) is 110 Å². The minimum atomic E-state index is -0.556. The molecule has 0 atom stereocenters. The predicted molar refractivity (Wildman–Crippen MR) is 192 cm³/mol. The summed E-state index contributed by atoms with van der Waals surface area (Å²) in [6, 6.07) is 27.3. The van der Waals surface area contributed by atoms with Crippen LogP contribution in [0.3, 0.4) is 0 Å². The molecule has 41 heavy (non-hydrogen) atoms. The van der Waals surface area contributed by atoms with Crippen molar-refractivity contribution < 1.29 is 17.0 Å². The Balaban J connectivity index is 0.000000272. The van der Waals surface area contributed by atoms with Gasteiger partial charge >= 0.3 is 35.6 Å². The third-order valence-electron chi connectivity index (χ3n) is 7.49.